The van der Waals surface area contributed by atoms with Crippen molar-refractivity contribution in [3.05, 3.63) is 66.2 Å². The predicted molar refractivity (Wildman–Crippen MR) is 99.9 cm³/mol. The van der Waals surface area contributed by atoms with Crippen molar-refractivity contribution in [2.24, 2.45) is 0 Å². The molecule has 1 amide bonds. The van der Waals surface area contributed by atoms with Crippen LogP contribution in [0, 0.1) is 0 Å². The normalized spacial score (nSPS) is 12.7. The number of hydrogen-bond acceptors (Lipinski definition) is 4. The quantitative estimate of drug-likeness (QED) is 0.702. The van der Waals surface area contributed by atoms with Crippen LogP contribution in [0.3, 0.4) is 0 Å². The van der Waals surface area contributed by atoms with Crippen molar-refractivity contribution >= 4 is 11.9 Å². The lowest BCUT2D eigenvalue weighted by Gasteiger charge is -2.22. The van der Waals surface area contributed by atoms with Crippen LogP contribution in [0.5, 0.6) is 5.75 Å². The van der Waals surface area contributed by atoms with E-state index in [4.69, 9.17) is 9.47 Å². The number of para-hydroxylation sites is 1. The molecule has 0 saturated carbocycles. The molecule has 0 saturated heterocycles. The summed E-state index contributed by atoms with van der Waals surface area (Å²) >= 11 is 0. The van der Waals surface area contributed by atoms with Crippen LogP contribution >= 0.6 is 0 Å². The molecule has 2 atom stereocenters. The third-order valence-corrected chi connectivity index (χ3v) is 3.86. The fourth-order valence-corrected chi connectivity index (χ4v) is 2.54. The van der Waals surface area contributed by atoms with Crippen molar-refractivity contribution in [1.82, 2.24) is 5.32 Å². The molecule has 0 aliphatic rings. The van der Waals surface area contributed by atoms with Crippen molar-refractivity contribution < 1.29 is 19.1 Å². The molecule has 0 bridgehead atoms. The first-order chi connectivity index (χ1) is 12.6. The molecule has 26 heavy (non-hydrogen) atoms. The van der Waals surface area contributed by atoms with Crippen molar-refractivity contribution in [2.45, 2.75) is 38.8 Å². The van der Waals surface area contributed by atoms with E-state index in [0.717, 1.165) is 5.56 Å². The molecular formula is C21H25NO4. The second-order valence-corrected chi connectivity index (χ2v) is 5.83. The summed E-state index contributed by atoms with van der Waals surface area (Å²) in [6, 6.07) is 17.9. The van der Waals surface area contributed by atoms with Gasteiger partial charge >= 0.3 is 5.97 Å². The summed E-state index contributed by atoms with van der Waals surface area (Å²) in [6.45, 7) is 3.87. The molecule has 0 heterocycles. The van der Waals surface area contributed by atoms with Gasteiger partial charge in [-0.25, -0.2) is 4.79 Å². The maximum atomic E-state index is 12.6. The molecule has 5 heteroatoms. The number of ether oxygens (including phenoxy) is 2. The Morgan fingerprint density at radius 3 is 2.15 bits per heavy atom. The number of amides is 1. The molecule has 1 N–H and O–H groups in total. The Hall–Kier alpha value is -2.82. The molecule has 0 aliphatic carbocycles. The SMILES string of the molecule is CCOC(=O)C(Cc1ccccc1)NC(=O)C(CC)Oc1ccccc1. The largest absolute Gasteiger partial charge is 0.481 e. The first-order valence-electron chi connectivity index (χ1n) is 8.86. The monoisotopic (exact) mass is 355 g/mol. The van der Waals surface area contributed by atoms with E-state index in [9.17, 15) is 9.59 Å². The molecule has 2 unspecified atom stereocenters. The lowest BCUT2D eigenvalue weighted by molar-refractivity contribution is -0.148. The number of rotatable bonds is 9. The Labute approximate surface area is 154 Å². The van der Waals surface area contributed by atoms with E-state index in [0.29, 0.717) is 18.6 Å². The van der Waals surface area contributed by atoms with E-state index in [2.05, 4.69) is 5.32 Å². The zero-order valence-electron chi connectivity index (χ0n) is 15.2. The summed E-state index contributed by atoms with van der Waals surface area (Å²) in [6.07, 6.45) is 0.180. The Balaban J connectivity index is 2.06. The van der Waals surface area contributed by atoms with E-state index in [1.54, 1.807) is 19.1 Å². The minimum atomic E-state index is -0.752. The summed E-state index contributed by atoms with van der Waals surface area (Å²) in [4.78, 5) is 24.9. The maximum Gasteiger partial charge on any atom is 0.328 e. The van der Waals surface area contributed by atoms with Crippen LogP contribution in [-0.4, -0.2) is 30.6 Å². The summed E-state index contributed by atoms with van der Waals surface area (Å²) in [7, 11) is 0. The van der Waals surface area contributed by atoms with Crippen LogP contribution in [0.15, 0.2) is 60.7 Å². The van der Waals surface area contributed by atoms with E-state index in [1.165, 1.54) is 0 Å². The first kappa shape index (κ1) is 19.5. The number of carbonyl (C=O) groups excluding carboxylic acids is 2. The minimum Gasteiger partial charge on any atom is -0.481 e. The highest BCUT2D eigenvalue weighted by molar-refractivity contribution is 5.87. The highest BCUT2D eigenvalue weighted by Crippen LogP contribution is 2.13. The molecule has 0 fully saturated rings. The lowest BCUT2D eigenvalue weighted by Crippen LogP contribution is -2.48. The van der Waals surface area contributed by atoms with Crippen LogP contribution in [0.25, 0.3) is 0 Å². The van der Waals surface area contributed by atoms with Gasteiger partial charge in [-0.05, 0) is 31.0 Å². The average Bonchev–Trinajstić information content (AvgIpc) is 2.67. The van der Waals surface area contributed by atoms with E-state index in [-0.39, 0.29) is 12.5 Å². The lowest BCUT2D eigenvalue weighted by atomic mass is 10.1. The fourth-order valence-electron chi connectivity index (χ4n) is 2.54. The van der Waals surface area contributed by atoms with Gasteiger partial charge in [0.1, 0.15) is 11.8 Å². The molecule has 0 aromatic heterocycles. The molecule has 0 spiro atoms. The van der Waals surface area contributed by atoms with E-state index >= 15 is 0 Å². The van der Waals surface area contributed by atoms with E-state index in [1.807, 2.05) is 55.5 Å². The highest BCUT2D eigenvalue weighted by Gasteiger charge is 2.27. The predicted octanol–water partition coefficient (Wildman–Crippen LogP) is 3.13. The fraction of sp³-hybridized carbons (Fsp3) is 0.333. The van der Waals surface area contributed by atoms with Crippen LogP contribution in [0.2, 0.25) is 0 Å². The number of carbonyl (C=O) groups is 2. The second-order valence-electron chi connectivity index (χ2n) is 5.83. The van der Waals surface area contributed by atoms with Gasteiger partial charge in [-0.2, -0.15) is 0 Å². The molecule has 5 nitrogen and oxygen atoms in total. The van der Waals surface area contributed by atoms with E-state index < -0.39 is 18.1 Å². The van der Waals surface area contributed by atoms with Crippen molar-refractivity contribution in [3.63, 3.8) is 0 Å². The van der Waals surface area contributed by atoms with Crippen molar-refractivity contribution in [2.75, 3.05) is 6.61 Å². The van der Waals surface area contributed by atoms with Gasteiger partial charge in [-0.3, -0.25) is 4.79 Å². The first-order valence-corrected chi connectivity index (χ1v) is 8.86. The van der Waals surface area contributed by atoms with Gasteiger partial charge in [0.05, 0.1) is 6.61 Å². The topological polar surface area (TPSA) is 64.6 Å². The highest BCUT2D eigenvalue weighted by atomic mass is 16.5. The van der Waals surface area contributed by atoms with Gasteiger partial charge in [0.25, 0.3) is 5.91 Å². The Bertz CT molecular complexity index is 688. The molecule has 2 aromatic rings. The second kappa shape index (κ2) is 10.2. The van der Waals surface area contributed by atoms with Crippen LogP contribution in [0.4, 0.5) is 0 Å². The third-order valence-electron chi connectivity index (χ3n) is 3.86. The van der Waals surface area contributed by atoms with Crippen LogP contribution < -0.4 is 10.1 Å². The molecular weight excluding hydrogens is 330 g/mol. The van der Waals surface area contributed by atoms with Gasteiger partial charge < -0.3 is 14.8 Å². The zero-order valence-corrected chi connectivity index (χ0v) is 15.2. The summed E-state index contributed by atoms with van der Waals surface area (Å²) in [5.74, 6) is -0.158. The van der Waals surface area contributed by atoms with Gasteiger partial charge in [-0.1, -0.05) is 55.5 Å². The molecule has 2 rings (SSSR count). The van der Waals surface area contributed by atoms with Crippen molar-refractivity contribution in [1.29, 1.82) is 0 Å². The van der Waals surface area contributed by atoms with Crippen molar-refractivity contribution in [3.8, 4) is 5.75 Å². The summed E-state index contributed by atoms with van der Waals surface area (Å²) < 4.78 is 10.9. The molecule has 0 radical (unpaired) electrons. The molecule has 2 aromatic carbocycles. The van der Waals surface area contributed by atoms with Crippen LogP contribution in [0.1, 0.15) is 25.8 Å². The number of hydrogen-bond donors (Lipinski definition) is 1. The molecule has 138 valence electrons. The minimum absolute atomic E-state index is 0.262. The third kappa shape index (κ3) is 5.92. The van der Waals surface area contributed by atoms with Crippen LogP contribution in [-0.2, 0) is 20.7 Å². The zero-order chi connectivity index (χ0) is 18.8. The van der Waals surface area contributed by atoms with Gasteiger partial charge in [0.15, 0.2) is 6.10 Å². The average molecular weight is 355 g/mol. The van der Waals surface area contributed by atoms with Gasteiger partial charge in [-0.15, -0.1) is 0 Å². The summed E-state index contributed by atoms with van der Waals surface area (Å²) in [5.41, 5.74) is 0.947. The maximum absolute atomic E-state index is 12.6. The summed E-state index contributed by atoms with van der Waals surface area (Å²) in [5, 5.41) is 2.78. The Morgan fingerprint density at radius 2 is 1.58 bits per heavy atom. The standard InChI is InChI=1S/C21H25NO4/c1-3-19(26-17-13-9-6-10-14-17)20(23)22-18(21(24)25-4-2)15-16-11-7-5-8-12-16/h5-14,18-19H,3-4,15H2,1-2H3,(H,22,23). The molecule has 0 aliphatic heterocycles. The Morgan fingerprint density at radius 1 is 0.962 bits per heavy atom. The van der Waals surface area contributed by atoms with Gasteiger partial charge in [0, 0.05) is 6.42 Å². The number of esters is 1. The Kier molecular flexibility index (Phi) is 7.68. The van der Waals surface area contributed by atoms with Gasteiger partial charge in [0.2, 0.25) is 0 Å². The number of benzene rings is 2. The number of nitrogens with one attached hydrogen (secondary N) is 1. The smallest absolute Gasteiger partial charge is 0.328 e.